The standard InChI is InChI=1S/C24H22N4O3S/c1-13(2)22-25-26-24(32-22)28-19(14-9-11-15(12-10-14)27(3)4)18-20(29)16-7-5-6-8-17(16)31-21(18)23(28)30/h5-13,19H,1-4H3. The summed E-state index contributed by atoms with van der Waals surface area (Å²) >= 11 is 1.36. The van der Waals surface area contributed by atoms with Gasteiger partial charge in [-0.2, -0.15) is 0 Å². The van der Waals surface area contributed by atoms with E-state index in [1.165, 1.54) is 11.3 Å². The first-order valence-electron chi connectivity index (χ1n) is 10.4. The lowest BCUT2D eigenvalue weighted by Crippen LogP contribution is -2.29. The highest BCUT2D eigenvalue weighted by atomic mass is 32.1. The van der Waals surface area contributed by atoms with E-state index in [2.05, 4.69) is 10.2 Å². The zero-order valence-electron chi connectivity index (χ0n) is 18.2. The van der Waals surface area contributed by atoms with Crippen LogP contribution in [-0.2, 0) is 0 Å². The number of hydrogen-bond donors (Lipinski definition) is 0. The van der Waals surface area contributed by atoms with Crippen LogP contribution in [0.4, 0.5) is 10.8 Å². The Bertz CT molecular complexity index is 1390. The molecule has 4 aromatic rings. The molecule has 0 N–H and O–H groups in total. The van der Waals surface area contributed by atoms with Crippen LogP contribution < -0.4 is 15.2 Å². The molecular formula is C24H22N4O3S. The van der Waals surface area contributed by atoms with E-state index in [1.54, 1.807) is 29.2 Å². The molecule has 2 aromatic carbocycles. The molecule has 0 saturated carbocycles. The summed E-state index contributed by atoms with van der Waals surface area (Å²) in [4.78, 5) is 30.6. The third kappa shape index (κ3) is 3.10. The van der Waals surface area contributed by atoms with Gasteiger partial charge in [0.05, 0.1) is 17.0 Å². The Morgan fingerprint density at radius 2 is 1.75 bits per heavy atom. The Morgan fingerprint density at radius 3 is 2.41 bits per heavy atom. The lowest BCUT2D eigenvalue weighted by Gasteiger charge is -2.23. The van der Waals surface area contributed by atoms with Crippen LogP contribution in [-0.4, -0.2) is 30.2 Å². The van der Waals surface area contributed by atoms with Crippen molar-refractivity contribution in [1.29, 1.82) is 0 Å². The first-order chi connectivity index (χ1) is 15.4. The van der Waals surface area contributed by atoms with Gasteiger partial charge in [0.25, 0.3) is 5.91 Å². The van der Waals surface area contributed by atoms with E-state index in [4.69, 9.17) is 4.42 Å². The van der Waals surface area contributed by atoms with Crippen molar-refractivity contribution in [2.45, 2.75) is 25.8 Å². The molecule has 0 fully saturated rings. The van der Waals surface area contributed by atoms with Crippen LogP contribution >= 0.6 is 11.3 Å². The fourth-order valence-electron chi connectivity index (χ4n) is 3.94. The molecular weight excluding hydrogens is 424 g/mol. The summed E-state index contributed by atoms with van der Waals surface area (Å²) in [5, 5.41) is 10.3. The molecule has 1 unspecified atom stereocenters. The molecule has 1 aliphatic heterocycles. The minimum absolute atomic E-state index is 0.0664. The van der Waals surface area contributed by atoms with Crippen LogP contribution in [0.5, 0.6) is 0 Å². The molecule has 3 heterocycles. The number of rotatable bonds is 4. The Hall–Kier alpha value is -3.52. The topological polar surface area (TPSA) is 79.5 Å². The van der Waals surface area contributed by atoms with Crippen LogP contribution in [0, 0.1) is 0 Å². The van der Waals surface area contributed by atoms with Gasteiger partial charge in [-0.3, -0.25) is 14.5 Å². The molecule has 0 saturated heterocycles. The largest absolute Gasteiger partial charge is 0.450 e. The van der Waals surface area contributed by atoms with Crippen molar-refractivity contribution < 1.29 is 9.21 Å². The first-order valence-corrected chi connectivity index (χ1v) is 11.2. The molecule has 1 aliphatic rings. The molecule has 32 heavy (non-hydrogen) atoms. The summed E-state index contributed by atoms with van der Waals surface area (Å²) in [5.41, 5.74) is 2.37. The number of carbonyl (C=O) groups is 1. The summed E-state index contributed by atoms with van der Waals surface area (Å²) in [7, 11) is 3.93. The van der Waals surface area contributed by atoms with Crippen LogP contribution in [0.25, 0.3) is 11.0 Å². The van der Waals surface area contributed by atoms with Crippen molar-refractivity contribution in [2.75, 3.05) is 23.9 Å². The maximum absolute atomic E-state index is 13.6. The van der Waals surface area contributed by atoms with Crippen molar-refractivity contribution in [1.82, 2.24) is 10.2 Å². The van der Waals surface area contributed by atoms with Gasteiger partial charge >= 0.3 is 0 Å². The second kappa shape index (κ2) is 7.56. The van der Waals surface area contributed by atoms with E-state index in [1.807, 2.05) is 57.1 Å². The number of carbonyl (C=O) groups excluding carboxylic acids is 1. The van der Waals surface area contributed by atoms with Crippen LogP contribution in [0.15, 0.2) is 57.7 Å². The number of nitrogens with zero attached hydrogens (tertiary/aromatic N) is 4. The molecule has 8 heteroatoms. The fraction of sp³-hybridized carbons (Fsp3) is 0.250. The molecule has 7 nitrogen and oxygen atoms in total. The maximum Gasteiger partial charge on any atom is 0.297 e. The molecule has 1 amide bonds. The smallest absolute Gasteiger partial charge is 0.297 e. The number of amides is 1. The fourth-order valence-corrected chi connectivity index (χ4v) is 4.82. The third-order valence-corrected chi connectivity index (χ3v) is 6.86. The van der Waals surface area contributed by atoms with E-state index in [9.17, 15) is 9.59 Å². The second-order valence-electron chi connectivity index (χ2n) is 8.31. The third-order valence-electron chi connectivity index (χ3n) is 5.63. The summed E-state index contributed by atoms with van der Waals surface area (Å²) in [6.45, 7) is 4.06. The average molecular weight is 447 g/mol. The second-order valence-corrected chi connectivity index (χ2v) is 9.30. The highest BCUT2D eigenvalue weighted by Crippen LogP contribution is 2.42. The van der Waals surface area contributed by atoms with Crippen molar-refractivity contribution in [2.24, 2.45) is 0 Å². The van der Waals surface area contributed by atoms with Gasteiger partial charge in [-0.1, -0.05) is 49.4 Å². The summed E-state index contributed by atoms with van der Waals surface area (Å²) in [5.74, 6) is -0.130. The highest BCUT2D eigenvalue weighted by molar-refractivity contribution is 7.15. The van der Waals surface area contributed by atoms with E-state index in [-0.39, 0.29) is 23.0 Å². The Morgan fingerprint density at radius 1 is 1.03 bits per heavy atom. The van der Waals surface area contributed by atoms with Crippen molar-refractivity contribution >= 4 is 39.0 Å². The number of hydrogen-bond acceptors (Lipinski definition) is 7. The molecule has 0 bridgehead atoms. The van der Waals surface area contributed by atoms with Crippen LogP contribution in [0.3, 0.4) is 0 Å². The number of aromatic nitrogens is 2. The van der Waals surface area contributed by atoms with Gasteiger partial charge < -0.3 is 9.32 Å². The molecule has 2 aromatic heterocycles. The molecule has 0 spiro atoms. The predicted octanol–water partition coefficient (Wildman–Crippen LogP) is 4.58. The van der Waals surface area contributed by atoms with Gasteiger partial charge in [0, 0.05) is 25.7 Å². The summed E-state index contributed by atoms with van der Waals surface area (Å²) in [6, 6.07) is 14.2. The Balaban J connectivity index is 1.75. The quantitative estimate of drug-likeness (QED) is 0.456. The summed E-state index contributed by atoms with van der Waals surface area (Å²) < 4.78 is 5.97. The van der Waals surface area contributed by atoms with Gasteiger partial charge in [0.15, 0.2) is 5.43 Å². The number of fused-ring (bicyclic) bond motifs is 2. The summed E-state index contributed by atoms with van der Waals surface area (Å²) in [6.07, 6.45) is 0. The van der Waals surface area contributed by atoms with E-state index in [0.717, 1.165) is 16.3 Å². The highest BCUT2D eigenvalue weighted by Gasteiger charge is 2.45. The predicted molar refractivity (Wildman–Crippen MR) is 126 cm³/mol. The van der Waals surface area contributed by atoms with Crippen molar-refractivity contribution in [3.8, 4) is 0 Å². The van der Waals surface area contributed by atoms with Crippen LogP contribution in [0.2, 0.25) is 0 Å². The van der Waals surface area contributed by atoms with Gasteiger partial charge in [-0.15, -0.1) is 10.2 Å². The number of anilines is 2. The molecule has 5 rings (SSSR count). The van der Waals surface area contributed by atoms with Gasteiger partial charge in [-0.05, 0) is 29.8 Å². The monoisotopic (exact) mass is 446 g/mol. The lowest BCUT2D eigenvalue weighted by atomic mass is 9.98. The molecule has 162 valence electrons. The van der Waals surface area contributed by atoms with Crippen LogP contribution in [0.1, 0.15) is 52.5 Å². The van der Waals surface area contributed by atoms with Gasteiger partial charge in [0.1, 0.15) is 10.6 Å². The lowest BCUT2D eigenvalue weighted by molar-refractivity contribution is 0.0970. The number of benzene rings is 2. The zero-order valence-corrected chi connectivity index (χ0v) is 19.0. The molecule has 1 atom stereocenters. The number of para-hydroxylation sites is 1. The minimum Gasteiger partial charge on any atom is -0.450 e. The van der Waals surface area contributed by atoms with E-state index < -0.39 is 6.04 Å². The minimum atomic E-state index is -0.637. The van der Waals surface area contributed by atoms with Crippen molar-refractivity contribution in [3.05, 3.63) is 80.6 Å². The van der Waals surface area contributed by atoms with Gasteiger partial charge in [0.2, 0.25) is 10.9 Å². The Labute approximate surface area is 188 Å². The van der Waals surface area contributed by atoms with Gasteiger partial charge in [-0.25, -0.2) is 0 Å². The first kappa shape index (κ1) is 20.4. The zero-order chi connectivity index (χ0) is 22.6. The van der Waals surface area contributed by atoms with Crippen molar-refractivity contribution in [3.63, 3.8) is 0 Å². The maximum atomic E-state index is 13.6. The SMILES string of the molecule is CC(C)c1nnc(N2C(=O)c3oc4ccccc4c(=O)c3C2c2ccc(N(C)C)cc2)s1. The normalized spacial score (nSPS) is 15.6. The average Bonchev–Trinajstić information content (AvgIpc) is 3.38. The van der Waals surface area contributed by atoms with E-state index >= 15 is 0 Å². The molecule has 0 radical (unpaired) electrons. The molecule has 0 aliphatic carbocycles. The Kier molecular flexibility index (Phi) is 4.82. The van der Waals surface area contributed by atoms with E-state index in [0.29, 0.717) is 21.7 Å².